The first-order valence-electron chi connectivity index (χ1n) is 9.08. The number of amides is 1. The summed E-state index contributed by atoms with van der Waals surface area (Å²) in [6.07, 6.45) is 1.04. The molecule has 0 unspecified atom stereocenters. The average molecular weight is 339 g/mol. The molecular formula is C22H29NO2. The van der Waals surface area contributed by atoms with Crippen LogP contribution < -0.4 is 10.1 Å². The first-order chi connectivity index (χ1) is 12.0. The Labute approximate surface area is 151 Å². The SMILES string of the molecule is CC[C@@H](Oc1ccc(C)cc1)C(=O)N[C@H](CC(C)C)c1ccccc1. The second-order valence-corrected chi connectivity index (χ2v) is 6.93. The van der Waals surface area contributed by atoms with Crippen LogP contribution in [0.15, 0.2) is 54.6 Å². The van der Waals surface area contributed by atoms with Crippen molar-refractivity contribution in [2.75, 3.05) is 0 Å². The molecule has 25 heavy (non-hydrogen) atoms. The molecule has 134 valence electrons. The fourth-order valence-corrected chi connectivity index (χ4v) is 2.80. The van der Waals surface area contributed by atoms with Gasteiger partial charge in [-0.2, -0.15) is 0 Å². The monoisotopic (exact) mass is 339 g/mol. The van der Waals surface area contributed by atoms with Crippen LogP contribution in [0.4, 0.5) is 0 Å². The first-order valence-corrected chi connectivity index (χ1v) is 9.08. The van der Waals surface area contributed by atoms with Crippen molar-refractivity contribution in [2.24, 2.45) is 5.92 Å². The van der Waals surface area contributed by atoms with Crippen LogP contribution >= 0.6 is 0 Å². The van der Waals surface area contributed by atoms with Crippen molar-refractivity contribution in [1.82, 2.24) is 5.32 Å². The van der Waals surface area contributed by atoms with Crippen molar-refractivity contribution in [3.05, 3.63) is 65.7 Å². The number of hydrogen-bond acceptors (Lipinski definition) is 2. The number of hydrogen-bond donors (Lipinski definition) is 1. The predicted octanol–water partition coefficient (Wildman–Crippen LogP) is 5.06. The van der Waals surface area contributed by atoms with Crippen LogP contribution in [-0.4, -0.2) is 12.0 Å². The molecule has 0 aliphatic rings. The van der Waals surface area contributed by atoms with Gasteiger partial charge in [0.25, 0.3) is 5.91 Å². The maximum absolute atomic E-state index is 12.8. The third kappa shape index (κ3) is 5.93. The summed E-state index contributed by atoms with van der Waals surface area (Å²) < 4.78 is 5.91. The minimum atomic E-state index is -0.485. The summed E-state index contributed by atoms with van der Waals surface area (Å²) in [7, 11) is 0. The smallest absolute Gasteiger partial charge is 0.261 e. The summed E-state index contributed by atoms with van der Waals surface area (Å²) in [5, 5.41) is 3.18. The summed E-state index contributed by atoms with van der Waals surface area (Å²) in [6, 6.07) is 17.9. The molecule has 0 spiro atoms. The second-order valence-electron chi connectivity index (χ2n) is 6.93. The Balaban J connectivity index is 2.08. The van der Waals surface area contributed by atoms with Crippen molar-refractivity contribution in [3.8, 4) is 5.75 Å². The maximum Gasteiger partial charge on any atom is 0.261 e. The minimum absolute atomic E-state index is 0.00404. The summed E-state index contributed by atoms with van der Waals surface area (Å²) in [6.45, 7) is 8.34. The fraction of sp³-hybridized carbons (Fsp3) is 0.409. The fourth-order valence-electron chi connectivity index (χ4n) is 2.80. The molecule has 3 heteroatoms. The van der Waals surface area contributed by atoms with Gasteiger partial charge in [0, 0.05) is 0 Å². The van der Waals surface area contributed by atoms with Gasteiger partial charge in [0.2, 0.25) is 0 Å². The van der Waals surface area contributed by atoms with Crippen LogP contribution in [0, 0.1) is 12.8 Å². The van der Waals surface area contributed by atoms with Crippen LogP contribution in [0.3, 0.4) is 0 Å². The van der Waals surface area contributed by atoms with Crippen molar-refractivity contribution >= 4 is 5.91 Å². The molecule has 0 fully saturated rings. The van der Waals surface area contributed by atoms with E-state index in [0.29, 0.717) is 12.3 Å². The molecule has 0 aromatic heterocycles. The zero-order valence-electron chi connectivity index (χ0n) is 15.7. The average Bonchev–Trinajstić information content (AvgIpc) is 2.61. The van der Waals surface area contributed by atoms with Gasteiger partial charge in [-0.05, 0) is 43.4 Å². The quantitative estimate of drug-likeness (QED) is 0.730. The van der Waals surface area contributed by atoms with Gasteiger partial charge >= 0.3 is 0 Å². The van der Waals surface area contributed by atoms with Gasteiger partial charge in [0.15, 0.2) is 6.10 Å². The van der Waals surface area contributed by atoms with Crippen LogP contribution in [0.5, 0.6) is 5.75 Å². The molecule has 3 nitrogen and oxygen atoms in total. The summed E-state index contributed by atoms with van der Waals surface area (Å²) in [5.41, 5.74) is 2.31. The van der Waals surface area contributed by atoms with Crippen molar-refractivity contribution in [1.29, 1.82) is 0 Å². The lowest BCUT2D eigenvalue weighted by Gasteiger charge is -2.24. The van der Waals surface area contributed by atoms with E-state index in [1.54, 1.807) is 0 Å². The van der Waals surface area contributed by atoms with Crippen LogP contribution in [-0.2, 0) is 4.79 Å². The maximum atomic E-state index is 12.8. The van der Waals surface area contributed by atoms with E-state index in [9.17, 15) is 4.79 Å². The van der Waals surface area contributed by atoms with Crippen molar-refractivity contribution in [3.63, 3.8) is 0 Å². The van der Waals surface area contributed by atoms with Crippen molar-refractivity contribution in [2.45, 2.75) is 52.7 Å². The van der Waals surface area contributed by atoms with E-state index in [0.717, 1.165) is 17.7 Å². The lowest BCUT2D eigenvalue weighted by molar-refractivity contribution is -0.129. The predicted molar refractivity (Wildman–Crippen MR) is 103 cm³/mol. The molecule has 1 N–H and O–H groups in total. The molecule has 0 saturated carbocycles. The Hall–Kier alpha value is -2.29. The molecule has 0 radical (unpaired) electrons. The Morgan fingerprint density at radius 3 is 2.24 bits per heavy atom. The van der Waals surface area contributed by atoms with E-state index in [1.165, 1.54) is 5.56 Å². The zero-order valence-corrected chi connectivity index (χ0v) is 15.7. The highest BCUT2D eigenvalue weighted by molar-refractivity contribution is 5.81. The molecule has 2 aromatic rings. The molecule has 0 bridgehead atoms. The molecule has 2 rings (SSSR count). The van der Waals surface area contributed by atoms with E-state index in [1.807, 2.05) is 56.3 Å². The van der Waals surface area contributed by atoms with Crippen molar-refractivity contribution < 1.29 is 9.53 Å². The van der Waals surface area contributed by atoms with E-state index in [4.69, 9.17) is 4.74 Å². The lowest BCUT2D eigenvalue weighted by atomic mass is 9.96. The molecule has 1 amide bonds. The van der Waals surface area contributed by atoms with E-state index < -0.39 is 6.10 Å². The third-order valence-corrected chi connectivity index (χ3v) is 4.19. The second kappa shape index (κ2) is 9.26. The highest BCUT2D eigenvalue weighted by Gasteiger charge is 2.23. The van der Waals surface area contributed by atoms with Gasteiger partial charge in [0.1, 0.15) is 5.75 Å². The Morgan fingerprint density at radius 2 is 1.68 bits per heavy atom. The molecule has 0 aliphatic heterocycles. The molecule has 0 heterocycles. The number of rotatable bonds is 8. The standard InChI is InChI=1S/C22H29NO2/c1-5-21(25-19-13-11-17(4)12-14-19)22(24)23-20(15-16(2)3)18-9-7-6-8-10-18/h6-14,16,20-21H,5,15H2,1-4H3,(H,23,24)/t20-,21-/m1/s1. The van der Waals surface area contributed by atoms with E-state index in [-0.39, 0.29) is 11.9 Å². The number of aryl methyl sites for hydroxylation is 1. The lowest BCUT2D eigenvalue weighted by Crippen LogP contribution is -2.40. The van der Waals surface area contributed by atoms with E-state index in [2.05, 4.69) is 31.3 Å². The molecule has 0 aliphatic carbocycles. The number of carbonyl (C=O) groups excluding carboxylic acids is 1. The summed E-state index contributed by atoms with van der Waals surface area (Å²) in [4.78, 5) is 12.8. The van der Waals surface area contributed by atoms with Gasteiger partial charge in [-0.3, -0.25) is 4.79 Å². The summed E-state index contributed by atoms with van der Waals surface area (Å²) in [5.74, 6) is 1.16. The molecule has 2 atom stereocenters. The molecular weight excluding hydrogens is 310 g/mol. The number of nitrogens with one attached hydrogen (secondary N) is 1. The number of benzene rings is 2. The highest BCUT2D eigenvalue weighted by Crippen LogP contribution is 2.22. The van der Waals surface area contributed by atoms with Crippen LogP contribution in [0.2, 0.25) is 0 Å². The van der Waals surface area contributed by atoms with Gasteiger partial charge in [-0.25, -0.2) is 0 Å². The Morgan fingerprint density at radius 1 is 1.04 bits per heavy atom. The largest absolute Gasteiger partial charge is 0.481 e. The topological polar surface area (TPSA) is 38.3 Å². The van der Waals surface area contributed by atoms with E-state index >= 15 is 0 Å². The van der Waals surface area contributed by atoms with Gasteiger partial charge < -0.3 is 10.1 Å². The number of ether oxygens (including phenoxy) is 1. The van der Waals surface area contributed by atoms with Gasteiger partial charge in [0.05, 0.1) is 6.04 Å². The Bertz CT molecular complexity index is 649. The van der Waals surface area contributed by atoms with Crippen LogP contribution in [0.25, 0.3) is 0 Å². The number of carbonyl (C=O) groups is 1. The minimum Gasteiger partial charge on any atom is -0.481 e. The third-order valence-electron chi connectivity index (χ3n) is 4.19. The zero-order chi connectivity index (χ0) is 18.2. The highest BCUT2D eigenvalue weighted by atomic mass is 16.5. The normalized spacial score (nSPS) is 13.3. The van der Waals surface area contributed by atoms with Gasteiger partial charge in [-0.1, -0.05) is 68.8 Å². The van der Waals surface area contributed by atoms with Gasteiger partial charge in [-0.15, -0.1) is 0 Å². The molecule has 2 aromatic carbocycles. The summed E-state index contributed by atoms with van der Waals surface area (Å²) >= 11 is 0. The van der Waals surface area contributed by atoms with Crippen LogP contribution in [0.1, 0.15) is 50.8 Å². The first kappa shape index (κ1) is 19.0. The molecule has 0 saturated heterocycles. The Kier molecular flexibility index (Phi) is 7.05.